The van der Waals surface area contributed by atoms with Crippen molar-refractivity contribution < 1.29 is 18.0 Å². The smallest absolute Gasteiger partial charge is 0.328 e. The van der Waals surface area contributed by atoms with Gasteiger partial charge in [-0.05, 0) is 36.8 Å². The summed E-state index contributed by atoms with van der Waals surface area (Å²) in [7, 11) is 0. The fraction of sp³-hybridized carbons (Fsp3) is 0.158. The van der Waals surface area contributed by atoms with Crippen molar-refractivity contribution in [1.82, 2.24) is 19.7 Å². The van der Waals surface area contributed by atoms with Crippen LogP contribution in [0.1, 0.15) is 24.1 Å². The summed E-state index contributed by atoms with van der Waals surface area (Å²) >= 11 is 0. The van der Waals surface area contributed by atoms with Crippen molar-refractivity contribution in [3.63, 3.8) is 0 Å². The lowest BCUT2D eigenvalue weighted by atomic mass is 9.96. The van der Waals surface area contributed by atoms with E-state index >= 15 is 0 Å². The maximum atomic E-state index is 13.1. The number of hydrogen-bond donors (Lipinski definition) is 2. The number of halogens is 3. The number of benzene rings is 1. The Morgan fingerprint density at radius 2 is 2.07 bits per heavy atom. The molecule has 0 aliphatic carbocycles. The van der Waals surface area contributed by atoms with Crippen molar-refractivity contribution >= 4 is 17.5 Å². The Morgan fingerprint density at radius 1 is 1.24 bits per heavy atom. The van der Waals surface area contributed by atoms with Crippen LogP contribution in [0.4, 0.5) is 24.8 Å². The quantitative estimate of drug-likeness (QED) is 0.702. The molecule has 0 bridgehead atoms. The van der Waals surface area contributed by atoms with E-state index in [1.54, 1.807) is 31.5 Å². The average molecular weight is 400 g/mol. The molecule has 0 saturated heterocycles. The highest BCUT2D eigenvalue weighted by Crippen LogP contribution is 2.35. The molecule has 4 rings (SSSR count). The fourth-order valence-electron chi connectivity index (χ4n) is 3.20. The lowest BCUT2D eigenvalue weighted by Crippen LogP contribution is -2.31. The van der Waals surface area contributed by atoms with Gasteiger partial charge >= 0.3 is 6.18 Å². The molecular formula is C19H15F3N6O. The third kappa shape index (κ3) is 3.56. The van der Waals surface area contributed by atoms with Crippen molar-refractivity contribution in [3.05, 3.63) is 77.5 Å². The third-order valence-corrected chi connectivity index (χ3v) is 4.49. The van der Waals surface area contributed by atoms with E-state index in [0.717, 1.165) is 12.1 Å². The van der Waals surface area contributed by atoms with E-state index in [0.29, 0.717) is 22.8 Å². The van der Waals surface area contributed by atoms with E-state index in [2.05, 4.69) is 25.7 Å². The molecule has 3 aromatic rings. The molecule has 148 valence electrons. The van der Waals surface area contributed by atoms with Crippen molar-refractivity contribution in [3.8, 4) is 0 Å². The van der Waals surface area contributed by atoms with E-state index in [4.69, 9.17) is 0 Å². The van der Waals surface area contributed by atoms with Gasteiger partial charge in [0.1, 0.15) is 12.4 Å². The van der Waals surface area contributed by atoms with Gasteiger partial charge in [-0.25, -0.2) is 4.68 Å². The normalized spacial score (nSPS) is 16.2. The second-order valence-electron chi connectivity index (χ2n) is 6.41. The van der Waals surface area contributed by atoms with Crippen molar-refractivity contribution in [2.24, 2.45) is 0 Å². The van der Waals surface area contributed by atoms with Gasteiger partial charge in [-0.2, -0.15) is 23.3 Å². The number of fused-ring (bicyclic) bond motifs is 1. The molecule has 2 aromatic heterocycles. The summed E-state index contributed by atoms with van der Waals surface area (Å²) < 4.78 is 40.5. The number of aromatic nitrogens is 4. The zero-order valence-corrected chi connectivity index (χ0v) is 15.1. The van der Waals surface area contributed by atoms with Gasteiger partial charge in [0.25, 0.3) is 5.91 Å². The van der Waals surface area contributed by atoms with Gasteiger partial charge in [-0.15, -0.1) is 0 Å². The fourth-order valence-corrected chi connectivity index (χ4v) is 3.20. The summed E-state index contributed by atoms with van der Waals surface area (Å²) in [6.45, 7) is 1.70. The molecule has 1 atom stereocenters. The number of pyridine rings is 1. The molecule has 3 heterocycles. The molecule has 1 aromatic carbocycles. The molecule has 10 heteroatoms. The first kappa shape index (κ1) is 18.7. The van der Waals surface area contributed by atoms with Crippen LogP contribution in [-0.2, 0) is 11.0 Å². The van der Waals surface area contributed by atoms with Gasteiger partial charge in [0.2, 0.25) is 5.95 Å². The number of nitrogens with one attached hydrogen (secondary N) is 2. The number of allylic oxidation sites excluding steroid dienone is 1. The first-order valence-electron chi connectivity index (χ1n) is 8.60. The molecule has 0 saturated carbocycles. The maximum absolute atomic E-state index is 13.1. The Morgan fingerprint density at radius 3 is 2.79 bits per heavy atom. The van der Waals surface area contributed by atoms with Gasteiger partial charge in [-0.1, -0.05) is 12.1 Å². The molecule has 1 amide bonds. The van der Waals surface area contributed by atoms with E-state index < -0.39 is 23.7 Å². The predicted molar refractivity (Wildman–Crippen MR) is 98.8 cm³/mol. The Labute approximate surface area is 163 Å². The van der Waals surface area contributed by atoms with Gasteiger partial charge < -0.3 is 10.6 Å². The molecular weight excluding hydrogens is 385 g/mol. The van der Waals surface area contributed by atoms with Crippen LogP contribution >= 0.6 is 0 Å². The lowest BCUT2D eigenvalue weighted by molar-refractivity contribution is -0.137. The summed E-state index contributed by atoms with van der Waals surface area (Å²) in [6, 6.07) is 7.37. The highest BCUT2D eigenvalue weighted by atomic mass is 19.4. The summed E-state index contributed by atoms with van der Waals surface area (Å²) in [5.74, 6) is -0.101. The van der Waals surface area contributed by atoms with E-state index in [9.17, 15) is 18.0 Å². The van der Waals surface area contributed by atoms with E-state index in [-0.39, 0.29) is 5.69 Å². The molecule has 7 nitrogen and oxygen atoms in total. The van der Waals surface area contributed by atoms with Crippen LogP contribution < -0.4 is 10.6 Å². The number of anilines is 2. The van der Waals surface area contributed by atoms with Gasteiger partial charge in [0.05, 0.1) is 11.1 Å². The molecule has 1 aliphatic heterocycles. The topological polar surface area (TPSA) is 84.7 Å². The molecule has 0 spiro atoms. The largest absolute Gasteiger partial charge is 0.416 e. The zero-order chi connectivity index (χ0) is 20.6. The standard InChI is InChI=1S/C19H15F3N6O/c1-11-15(17(29)27-14-6-2-5-13(8-14)19(20,21)22)16(12-4-3-7-23-9-12)28-18(26-11)24-10-25-28/h2-10,16H,1H3,(H,27,29)(H,24,25,26). The molecule has 1 aliphatic rings. The first-order valence-corrected chi connectivity index (χ1v) is 8.60. The Bertz CT molecular complexity index is 1090. The minimum Gasteiger partial charge on any atom is -0.328 e. The molecule has 0 radical (unpaired) electrons. The van der Waals surface area contributed by atoms with Crippen molar-refractivity contribution in [1.29, 1.82) is 0 Å². The summed E-state index contributed by atoms with van der Waals surface area (Å²) in [4.78, 5) is 21.3. The number of alkyl halides is 3. The van der Waals surface area contributed by atoms with Crippen LogP contribution in [0.15, 0.2) is 66.4 Å². The lowest BCUT2D eigenvalue weighted by Gasteiger charge is -2.28. The Balaban J connectivity index is 1.71. The molecule has 29 heavy (non-hydrogen) atoms. The van der Waals surface area contributed by atoms with Crippen LogP contribution in [-0.4, -0.2) is 25.7 Å². The van der Waals surface area contributed by atoms with Gasteiger partial charge in [0, 0.05) is 23.8 Å². The number of carbonyl (C=O) groups is 1. The Kier molecular flexibility index (Phi) is 4.53. The highest BCUT2D eigenvalue weighted by molar-refractivity contribution is 6.06. The third-order valence-electron chi connectivity index (χ3n) is 4.49. The SMILES string of the molecule is CC1=C(C(=O)Nc2cccc(C(F)(F)F)c2)C(c2cccnc2)n2ncnc2N1. The minimum atomic E-state index is -4.50. The van der Waals surface area contributed by atoms with Crippen molar-refractivity contribution in [2.75, 3.05) is 10.6 Å². The minimum absolute atomic E-state index is 0.0412. The van der Waals surface area contributed by atoms with E-state index in [1.165, 1.54) is 23.1 Å². The zero-order valence-electron chi connectivity index (χ0n) is 15.1. The van der Waals surface area contributed by atoms with Gasteiger partial charge in [0.15, 0.2) is 0 Å². The van der Waals surface area contributed by atoms with Crippen LogP contribution in [0.2, 0.25) is 0 Å². The summed E-state index contributed by atoms with van der Waals surface area (Å²) in [6.07, 6.45) is 0.0564. The van der Waals surface area contributed by atoms with Crippen LogP contribution in [0.25, 0.3) is 0 Å². The second-order valence-corrected chi connectivity index (χ2v) is 6.41. The molecule has 2 N–H and O–H groups in total. The number of nitrogens with zero attached hydrogens (tertiary/aromatic N) is 4. The number of carbonyl (C=O) groups excluding carboxylic acids is 1. The monoisotopic (exact) mass is 400 g/mol. The molecule has 1 unspecified atom stereocenters. The summed E-state index contributed by atoms with van der Waals surface area (Å²) in [5, 5.41) is 9.75. The van der Waals surface area contributed by atoms with Gasteiger partial charge in [-0.3, -0.25) is 9.78 Å². The summed E-state index contributed by atoms with van der Waals surface area (Å²) in [5.41, 5.74) is 0.705. The number of hydrogen-bond acceptors (Lipinski definition) is 5. The predicted octanol–water partition coefficient (Wildman–Crippen LogP) is 3.62. The van der Waals surface area contributed by atoms with Crippen LogP contribution in [0, 0.1) is 0 Å². The van der Waals surface area contributed by atoms with E-state index in [1.807, 2.05) is 0 Å². The first-order chi connectivity index (χ1) is 13.8. The van der Waals surface area contributed by atoms with Crippen molar-refractivity contribution in [2.45, 2.75) is 19.1 Å². The average Bonchev–Trinajstić information content (AvgIpc) is 3.15. The molecule has 0 fully saturated rings. The number of amides is 1. The van der Waals surface area contributed by atoms with Crippen LogP contribution in [0.5, 0.6) is 0 Å². The Hall–Kier alpha value is -3.69. The second kappa shape index (κ2) is 7.04. The number of rotatable bonds is 3. The highest BCUT2D eigenvalue weighted by Gasteiger charge is 2.34. The van der Waals surface area contributed by atoms with Crippen LogP contribution in [0.3, 0.4) is 0 Å². The maximum Gasteiger partial charge on any atom is 0.416 e.